The van der Waals surface area contributed by atoms with E-state index in [1.807, 2.05) is 0 Å². The highest BCUT2D eigenvalue weighted by molar-refractivity contribution is 5.93. The molecule has 0 aliphatic carbocycles. The molecule has 2 rings (SSSR count). The van der Waals surface area contributed by atoms with E-state index in [2.05, 4.69) is 20.9 Å². The van der Waals surface area contributed by atoms with Crippen molar-refractivity contribution >= 4 is 34.7 Å². The summed E-state index contributed by atoms with van der Waals surface area (Å²) in [6.45, 7) is 5.06. The number of nitrogen functional groups attached to an aromatic ring is 1. The lowest BCUT2D eigenvalue weighted by Crippen LogP contribution is -2.37. The lowest BCUT2D eigenvalue weighted by molar-refractivity contribution is -0.115. The number of amides is 2. The van der Waals surface area contributed by atoms with Crippen molar-refractivity contribution in [3.8, 4) is 0 Å². The van der Waals surface area contributed by atoms with Crippen molar-refractivity contribution in [3.63, 3.8) is 0 Å². The lowest BCUT2D eigenvalue weighted by atomic mass is 10.2. The Kier molecular flexibility index (Phi) is 6.48. The van der Waals surface area contributed by atoms with E-state index in [4.69, 9.17) is 10.5 Å². The maximum atomic E-state index is 11.9. The molecule has 142 valence electrons. The molecule has 2 amide bonds. The summed E-state index contributed by atoms with van der Waals surface area (Å²) in [7, 11) is 0. The van der Waals surface area contributed by atoms with Gasteiger partial charge >= 0.3 is 6.09 Å². The molecule has 0 atom stereocenters. The Hall–Kier alpha value is -3.42. The molecule has 0 saturated carbocycles. The number of benzene rings is 2. The Balaban J connectivity index is 1.83. The molecule has 8 heteroatoms. The van der Waals surface area contributed by atoms with Gasteiger partial charge in [0.15, 0.2) is 0 Å². The van der Waals surface area contributed by atoms with E-state index in [1.54, 1.807) is 69.3 Å². The van der Waals surface area contributed by atoms with Gasteiger partial charge in [0.2, 0.25) is 5.91 Å². The maximum absolute atomic E-state index is 11.9. The average molecular weight is 369 g/mol. The summed E-state index contributed by atoms with van der Waals surface area (Å²) >= 11 is 0. The molecule has 8 nitrogen and oxygen atoms in total. The topological polar surface area (TPSA) is 118 Å². The zero-order valence-electron chi connectivity index (χ0n) is 15.5. The number of carbonyl (C=O) groups excluding carboxylic acids is 2. The number of rotatable bonds is 5. The average Bonchev–Trinajstić information content (AvgIpc) is 2.59. The molecule has 0 aromatic heterocycles. The Labute approximate surface area is 157 Å². The van der Waals surface area contributed by atoms with Gasteiger partial charge in [-0.15, -0.1) is 0 Å². The Morgan fingerprint density at radius 2 is 1.48 bits per heavy atom. The van der Waals surface area contributed by atoms with Crippen LogP contribution in [0.15, 0.2) is 58.8 Å². The molecular weight excluding hydrogens is 346 g/mol. The van der Waals surface area contributed by atoms with E-state index >= 15 is 0 Å². The van der Waals surface area contributed by atoms with E-state index in [0.717, 1.165) is 0 Å². The molecule has 0 fully saturated rings. The van der Waals surface area contributed by atoms with Crippen LogP contribution in [0.3, 0.4) is 0 Å². The van der Waals surface area contributed by atoms with Crippen LogP contribution in [-0.2, 0) is 9.53 Å². The number of nitrogens with zero attached hydrogens (tertiary/aromatic N) is 2. The number of ether oxygens (including phenoxy) is 1. The van der Waals surface area contributed by atoms with E-state index < -0.39 is 11.7 Å². The third kappa shape index (κ3) is 7.55. The highest BCUT2D eigenvalue weighted by Gasteiger charge is 2.16. The van der Waals surface area contributed by atoms with Gasteiger partial charge in [-0.3, -0.25) is 4.79 Å². The summed E-state index contributed by atoms with van der Waals surface area (Å²) < 4.78 is 5.06. The summed E-state index contributed by atoms with van der Waals surface area (Å²) in [6, 6.07) is 13.9. The van der Waals surface area contributed by atoms with Crippen LogP contribution in [0.4, 0.5) is 27.5 Å². The van der Waals surface area contributed by atoms with Gasteiger partial charge in [-0.2, -0.15) is 10.2 Å². The molecule has 0 bridgehead atoms. The van der Waals surface area contributed by atoms with Crippen LogP contribution < -0.4 is 16.4 Å². The molecule has 0 unspecified atom stereocenters. The van der Waals surface area contributed by atoms with E-state index in [0.29, 0.717) is 22.7 Å². The standard InChI is InChI=1S/C19H23N5O3/c1-19(2,3)27-18(26)21-12-17(25)22-14-8-10-16(11-9-14)24-23-15-6-4-13(20)5-7-15/h4-11H,12,20H2,1-3H3,(H,21,26)(H,22,25)/b24-23+. The van der Waals surface area contributed by atoms with Crippen LogP contribution in [0.1, 0.15) is 20.8 Å². The smallest absolute Gasteiger partial charge is 0.408 e. The zero-order chi connectivity index (χ0) is 19.9. The molecule has 4 N–H and O–H groups in total. The van der Waals surface area contributed by atoms with Crippen molar-refractivity contribution in [2.24, 2.45) is 10.2 Å². The van der Waals surface area contributed by atoms with Crippen LogP contribution >= 0.6 is 0 Å². The number of carbonyl (C=O) groups is 2. The molecule has 2 aromatic carbocycles. The third-order valence-corrected chi connectivity index (χ3v) is 3.12. The van der Waals surface area contributed by atoms with Gasteiger partial charge in [0, 0.05) is 11.4 Å². The minimum absolute atomic E-state index is 0.187. The third-order valence-electron chi connectivity index (χ3n) is 3.12. The van der Waals surface area contributed by atoms with Gasteiger partial charge in [-0.05, 0) is 69.3 Å². The van der Waals surface area contributed by atoms with Gasteiger partial charge in [0.05, 0.1) is 11.4 Å². The van der Waals surface area contributed by atoms with Gasteiger partial charge in [0.1, 0.15) is 12.1 Å². The normalized spacial score (nSPS) is 11.2. The van der Waals surface area contributed by atoms with Crippen molar-refractivity contribution in [3.05, 3.63) is 48.5 Å². The van der Waals surface area contributed by atoms with E-state index in [9.17, 15) is 9.59 Å². The van der Waals surface area contributed by atoms with E-state index in [-0.39, 0.29) is 12.5 Å². The first-order chi connectivity index (χ1) is 12.7. The van der Waals surface area contributed by atoms with E-state index in [1.165, 1.54) is 0 Å². The highest BCUT2D eigenvalue weighted by Crippen LogP contribution is 2.21. The first-order valence-corrected chi connectivity index (χ1v) is 8.35. The van der Waals surface area contributed by atoms with Gasteiger partial charge < -0.3 is 21.1 Å². The van der Waals surface area contributed by atoms with Crippen LogP contribution in [0.25, 0.3) is 0 Å². The number of azo groups is 1. The molecule has 0 spiro atoms. The van der Waals surface area contributed by atoms with Crippen molar-refractivity contribution in [2.45, 2.75) is 26.4 Å². The fourth-order valence-corrected chi connectivity index (χ4v) is 1.94. The summed E-state index contributed by atoms with van der Waals surface area (Å²) in [4.78, 5) is 23.4. The number of anilines is 2. The van der Waals surface area contributed by atoms with Crippen LogP contribution in [-0.4, -0.2) is 24.1 Å². The summed E-state index contributed by atoms with van der Waals surface area (Å²) in [5.41, 5.74) is 7.57. The summed E-state index contributed by atoms with van der Waals surface area (Å²) in [5.74, 6) is -0.364. The largest absolute Gasteiger partial charge is 0.444 e. The minimum Gasteiger partial charge on any atom is -0.444 e. The second-order valence-electron chi connectivity index (χ2n) is 6.74. The number of nitrogens with one attached hydrogen (secondary N) is 2. The molecule has 0 radical (unpaired) electrons. The summed E-state index contributed by atoms with van der Waals surface area (Å²) in [5, 5.41) is 13.3. The fourth-order valence-electron chi connectivity index (χ4n) is 1.94. The highest BCUT2D eigenvalue weighted by atomic mass is 16.6. The van der Waals surface area contributed by atoms with Crippen LogP contribution in [0.2, 0.25) is 0 Å². The molecule has 0 saturated heterocycles. The van der Waals surface area contributed by atoms with Gasteiger partial charge in [-0.25, -0.2) is 4.79 Å². The van der Waals surface area contributed by atoms with Gasteiger partial charge in [0.25, 0.3) is 0 Å². The lowest BCUT2D eigenvalue weighted by Gasteiger charge is -2.19. The first-order valence-electron chi connectivity index (χ1n) is 8.35. The maximum Gasteiger partial charge on any atom is 0.408 e. The van der Waals surface area contributed by atoms with Crippen molar-refractivity contribution in [1.82, 2.24) is 5.32 Å². The van der Waals surface area contributed by atoms with Crippen molar-refractivity contribution < 1.29 is 14.3 Å². The molecule has 0 aliphatic rings. The Bertz CT molecular complexity index is 809. The van der Waals surface area contributed by atoms with Crippen LogP contribution in [0, 0.1) is 0 Å². The Morgan fingerprint density at radius 1 is 0.963 bits per heavy atom. The molecule has 2 aromatic rings. The van der Waals surface area contributed by atoms with Crippen molar-refractivity contribution in [2.75, 3.05) is 17.6 Å². The quantitative estimate of drug-likeness (QED) is 0.542. The van der Waals surface area contributed by atoms with Crippen molar-refractivity contribution in [1.29, 1.82) is 0 Å². The predicted molar refractivity (Wildman–Crippen MR) is 104 cm³/mol. The van der Waals surface area contributed by atoms with Gasteiger partial charge in [-0.1, -0.05) is 0 Å². The minimum atomic E-state index is -0.643. The number of alkyl carbamates (subject to hydrolysis) is 1. The fraction of sp³-hybridized carbons (Fsp3) is 0.263. The second-order valence-corrected chi connectivity index (χ2v) is 6.74. The number of nitrogens with two attached hydrogens (primary N) is 1. The first kappa shape index (κ1) is 19.9. The number of hydrogen-bond acceptors (Lipinski definition) is 6. The molecule has 0 aliphatic heterocycles. The Morgan fingerprint density at radius 3 is 2.00 bits per heavy atom. The second kappa shape index (κ2) is 8.79. The summed E-state index contributed by atoms with van der Waals surface area (Å²) in [6.07, 6.45) is -0.643. The SMILES string of the molecule is CC(C)(C)OC(=O)NCC(=O)Nc1ccc(/N=N/c2ccc(N)cc2)cc1. The molecule has 0 heterocycles. The monoisotopic (exact) mass is 369 g/mol. The molecule has 27 heavy (non-hydrogen) atoms. The number of hydrogen-bond donors (Lipinski definition) is 3. The van der Waals surface area contributed by atoms with Crippen LogP contribution in [0.5, 0.6) is 0 Å². The zero-order valence-corrected chi connectivity index (χ0v) is 15.5. The molecular formula is C19H23N5O3. The predicted octanol–water partition coefficient (Wildman–Crippen LogP) is 4.15.